The van der Waals surface area contributed by atoms with E-state index in [1.54, 1.807) is 18.2 Å². The van der Waals surface area contributed by atoms with Crippen LogP contribution >= 0.6 is 0 Å². The zero-order valence-corrected chi connectivity index (χ0v) is 18.0. The quantitative estimate of drug-likeness (QED) is 0.609. The fraction of sp³-hybridized carbons (Fsp3) is 0.391. The molecule has 1 amide bonds. The zero-order chi connectivity index (χ0) is 23.4. The van der Waals surface area contributed by atoms with Gasteiger partial charge in [-0.15, -0.1) is 0 Å². The van der Waals surface area contributed by atoms with Crippen molar-refractivity contribution >= 4 is 17.7 Å². The topological polar surface area (TPSA) is 113 Å². The van der Waals surface area contributed by atoms with E-state index in [0.29, 0.717) is 42.9 Å². The number of ether oxygens (including phenoxy) is 5. The molecule has 1 atom stereocenters. The van der Waals surface area contributed by atoms with Crippen LogP contribution in [-0.2, 0) is 27.3 Å². The number of anilines is 1. The molecule has 0 saturated carbocycles. The van der Waals surface area contributed by atoms with Gasteiger partial charge in [-0.1, -0.05) is 6.07 Å². The van der Waals surface area contributed by atoms with Crippen LogP contribution in [0.25, 0.3) is 0 Å². The van der Waals surface area contributed by atoms with Gasteiger partial charge in [-0.3, -0.25) is 5.32 Å². The molecule has 2 aromatic carbocycles. The summed E-state index contributed by atoms with van der Waals surface area (Å²) in [7, 11) is 0. The molecule has 1 saturated heterocycles. The predicted octanol–water partition coefficient (Wildman–Crippen LogP) is 3.88. The second-order valence-electron chi connectivity index (χ2n) is 7.67. The molecule has 9 nitrogen and oxygen atoms in total. The maximum Gasteiger partial charge on any atom is 0.412 e. The van der Waals surface area contributed by atoms with E-state index in [1.807, 2.05) is 6.92 Å². The summed E-state index contributed by atoms with van der Waals surface area (Å²) in [6.07, 6.45) is 0.402. The van der Waals surface area contributed by atoms with Crippen molar-refractivity contribution in [2.24, 2.45) is 0 Å². The molecule has 1 fully saturated rings. The minimum Gasteiger partial charge on any atom is -0.493 e. The van der Waals surface area contributed by atoms with E-state index >= 15 is 0 Å². The second-order valence-corrected chi connectivity index (χ2v) is 7.67. The first-order valence-corrected chi connectivity index (χ1v) is 10.6. The first kappa shape index (κ1) is 22.7. The molecular weight excluding hydrogens is 437 g/mol. The Morgan fingerprint density at radius 3 is 2.82 bits per heavy atom. The van der Waals surface area contributed by atoms with Crippen LogP contribution in [0, 0.1) is 5.82 Å². The fourth-order valence-corrected chi connectivity index (χ4v) is 3.89. The van der Waals surface area contributed by atoms with Gasteiger partial charge < -0.3 is 28.8 Å². The number of halogens is 1. The van der Waals surface area contributed by atoms with E-state index < -0.39 is 23.5 Å². The van der Waals surface area contributed by atoms with Gasteiger partial charge in [0.25, 0.3) is 0 Å². The van der Waals surface area contributed by atoms with Gasteiger partial charge in [-0.2, -0.15) is 0 Å². The largest absolute Gasteiger partial charge is 0.493 e. The Kier molecular flexibility index (Phi) is 6.55. The number of benzene rings is 2. The zero-order valence-electron chi connectivity index (χ0n) is 18.0. The highest BCUT2D eigenvalue weighted by Gasteiger charge is 2.43. The number of amides is 1. The van der Waals surface area contributed by atoms with Crippen molar-refractivity contribution in [3.63, 3.8) is 0 Å². The molecule has 10 heteroatoms. The number of carbonyl (C=O) groups excluding carboxylic acids is 1. The Hall–Kier alpha value is -3.53. The first-order valence-electron chi connectivity index (χ1n) is 10.6. The van der Waals surface area contributed by atoms with Gasteiger partial charge >= 0.3 is 12.1 Å². The summed E-state index contributed by atoms with van der Waals surface area (Å²) in [5.41, 5.74) is -0.109. The van der Waals surface area contributed by atoms with Crippen molar-refractivity contribution in [2.45, 2.75) is 38.4 Å². The van der Waals surface area contributed by atoms with Crippen LogP contribution in [-0.4, -0.2) is 42.8 Å². The highest BCUT2D eigenvalue weighted by atomic mass is 19.1. The first-order chi connectivity index (χ1) is 15.9. The molecule has 0 bridgehead atoms. The SMILES string of the molecule is CCOc1ccc(CC2(C(=O)O)CCCO2)cc1COC(=O)Nc1ccc2c(c1F)OCO2. The summed E-state index contributed by atoms with van der Waals surface area (Å²) in [5, 5.41) is 12.0. The standard InChI is InChI=1S/C23H24FNO8/c1-2-29-17-6-4-14(11-23(21(26)27)8-3-9-33-23)10-15(17)12-30-22(28)25-16-5-7-18-20(19(16)24)32-13-31-18/h4-7,10H,2-3,8-9,11-13H2,1H3,(H,25,28)(H,26,27). The van der Waals surface area contributed by atoms with Crippen LogP contribution in [0.4, 0.5) is 14.9 Å². The number of carbonyl (C=O) groups is 2. The van der Waals surface area contributed by atoms with Crippen molar-refractivity contribution in [3.05, 3.63) is 47.3 Å². The van der Waals surface area contributed by atoms with Crippen LogP contribution in [0.2, 0.25) is 0 Å². The number of aliphatic carboxylic acids is 1. The van der Waals surface area contributed by atoms with Gasteiger partial charge in [0, 0.05) is 18.6 Å². The van der Waals surface area contributed by atoms with Gasteiger partial charge in [0.15, 0.2) is 17.2 Å². The summed E-state index contributed by atoms with van der Waals surface area (Å²) < 4.78 is 41.0. The lowest BCUT2D eigenvalue weighted by molar-refractivity contribution is -0.159. The van der Waals surface area contributed by atoms with Gasteiger partial charge in [0.05, 0.1) is 12.3 Å². The highest BCUT2D eigenvalue weighted by molar-refractivity contribution is 5.85. The normalized spacial score (nSPS) is 18.7. The maximum absolute atomic E-state index is 14.5. The van der Waals surface area contributed by atoms with Crippen LogP contribution in [0.1, 0.15) is 30.9 Å². The van der Waals surface area contributed by atoms with Crippen molar-refractivity contribution in [1.29, 1.82) is 0 Å². The summed E-state index contributed by atoms with van der Waals surface area (Å²) in [4.78, 5) is 24.1. The average Bonchev–Trinajstić information content (AvgIpc) is 3.46. The number of hydrogen-bond donors (Lipinski definition) is 2. The Morgan fingerprint density at radius 2 is 2.09 bits per heavy atom. The molecule has 2 aliphatic rings. The molecule has 0 aliphatic carbocycles. The molecule has 2 aliphatic heterocycles. The number of nitrogens with one attached hydrogen (secondary N) is 1. The predicted molar refractivity (Wildman–Crippen MR) is 113 cm³/mol. The number of carboxylic acids is 1. The molecule has 2 heterocycles. The van der Waals surface area contributed by atoms with Crippen LogP contribution < -0.4 is 19.5 Å². The molecule has 33 heavy (non-hydrogen) atoms. The number of carboxylic acid groups (broad SMARTS) is 1. The van der Waals surface area contributed by atoms with Gasteiger partial charge in [-0.25, -0.2) is 14.0 Å². The number of rotatable bonds is 8. The van der Waals surface area contributed by atoms with Gasteiger partial charge in [0.1, 0.15) is 12.4 Å². The summed E-state index contributed by atoms with van der Waals surface area (Å²) in [6, 6.07) is 8.04. The minimum absolute atomic E-state index is 0.0689. The monoisotopic (exact) mass is 461 g/mol. The Balaban J connectivity index is 1.45. The summed E-state index contributed by atoms with van der Waals surface area (Å²) in [6.45, 7) is 2.35. The Morgan fingerprint density at radius 1 is 1.24 bits per heavy atom. The third kappa shape index (κ3) is 4.80. The van der Waals surface area contributed by atoms with E-state index in [9.17, 15) is 19.1 Å². The molecule has 2 aromatic rings. The highest BCUT2D eigenvalue weighted by Crippen LogP contribution is 2.38. The van der Waals surface area contributed by atoms with Crippen molar-refractivity contribution in [2.75, 3.05) is 25.3 Å². The molecule has 176 valence electrons. The van der Waals surface area contributed by atoms with E-state index in [2.05, 4.69) is 5.32 Å². The summed E-state index contributed by atoms with van der Waals surface area (Å²) in [5.74, 6) is -1.07. The third-order valence-corrected chi connectivity index (χ3v) is 5.48. The third-order valence-electron chi connectivity index (χ3n) is 5.48. The Labute approximate surface area is 189 Å². The molecule has 0 spiro atoms. The molecule has 2 N–H and O–H groups in total. The number of fused-ring (bicyclic) bond motifs is 1. The second kappa shape index (κ2) is 9.53. The number of hydrogen-bond acceptors (Lipinski definition) is 7. The summed E-state index contributed by atoms with van der Waals surface area (Å²) >= 11 is 0. The molecule has 4 rings (SSSR count). The van der Waals surface area contributed by atoms with Crippen molar-refractivity contribution < 1.29 is 42.8 Å². The van der Waals surface area contributed by atoms with Crippen LogP contribution in [0.15, 0.2) is 30.3 Å². The van der Waals surface area contributed by atoms with E-state index in [4.69, 9.17) is 23.7 Å². The van der Waals surface area contributed by atoms with Crippen molar-refractivity contribution in [3.8, 4) is 17.2 Å². The van der Waals surface area contributed by atoms with Gasteiger partial charge in [-0.05, 0) is 49.6 Å². The van der Waals surface area contributed by atoms with Crippen LogP contribution in [0.3, 0.4) is 0 Å². The molecule has 0 aromatic heterocycles. The Bertz CT molecular complexity index is 1050. The average molecular weight is 461 g/mol. The smallest absolute Gasteiger partial charge is 0.412 e. The van der Waals surface area contributed by atoms with E-state index in [0.717, 1.165) is 0 Å². The van der Waals surface area contributed by atoms with Gasteiger partial charge in [0.2, 0.25) is 12.5 Å². The fourth-order valence-electron chi connectivity index (χ4n) is 3.89. The molecule has 1 unspecified atom stereocenters. The molecular formula is C23H24FNO8. The molecule has 0 radical (unpaired) electrons. The minimum atomic E-state index is -1.26. The lowest BCUT2D eigenvalue weighted by Crippen LogP contribution is -2.40. The lowest BCUT2D eigenvalue weighted by atomic mass is 9.91. The lowest BCUT2D eigenvalue weighted by Gasteiger charge is -2.24. The van der Waals surface area contributed by atoms with E-state index in [-0.39, 0.29) is 37.0 Å². The van der Waals surface area contributed by atoms with Crippen molar-refractivity contribution in [1.82, 2.24) is 0 Å². The van der Waals surface area contributed by atoms with Crippen LogP contribution in [0.5, 0.6) is 17.2 Å². The van der Waals surface area contributed by atoms with E-state index in [1.165, 1.54) is 12.1 Å². The maximum atomic E-state index is 14.5.